The van der Waals surface area contributed by atoms with Gasteiger partial charge in [-0.3, -0.25) is 14.6 Å². The summed E-state index contributed by atoms with van der Waals surface area (Å²) in [5.74, 6) is 0.306. The van der Waals surface area contributed by atoms with E-state index in [-0.39, 0.29) is 41.8 Å². The van der Waals surface area contributed by atoms with Crippen LogP contribution in [-0.4, -0.2) is 45.1 Å². The molecule has 1 fully saturated rings. The number of anilines is 1. The zero-order valence-corrected chi connectivity index (χ0v) is 17.8. The van der Waals surface area contributed by atoms with Crippen LogP contribution >= 0.6 is 24.0 Å². The molecule has 0 spiro atoms. The molecule has 0 bridgehead atoms. The summed E-state index contributed by atoms with van der Waals surface area (Å²) in [6, 6.07) is 7.93. The van der Waals surface area contributed by atoms with E-state index < -0.39 is 0 Å². The summed E-state index contributed by atoms with van der Waals surface area (Å²) in [4.78, 5) is 29.1. The summed E-state index contributed by atoms with van der Waals surface area (Å²) in [5, 5.41) is 6.30. The Balaban J connectivity index is 0.00000338. The van der Waals surface area contributed by atoms with Gasteiger partial charge in [0, 0.05) is 38.8 Å². The van der Waals surface area contributed by atoms with Crippen molar-refractivity contribution in [2.45, 2.75) is 26.3 Å². The first kappa shape index (κ1) is 22.2. The number of ether oxygens (including phenoxy) is 1. The SMILES string of the molecule is CN=C(NCc1ccc(N2CCCC2=O)cc1)NCC(C)C(=O)OC.I. The third kappa shape index (κ3) is 6.15. The van der Waals surface area contributed by atoms with Crippen LogP contribution in [0.2, 0.25) is 0 Å². The number of halogens is 1. The number of methoxy groups -OCH3 is 1. The third-order valence-electron chi connectivity index (χ3n) is 4.18. The molecule has 2 N–H and O–H groups in total. The van der Waals surface area contributed by atoms with Gasteiger partial charge in [0.25, 0.3) is 0 Å². The van der Waals surface area contributed by atoms with Crippen molar-refractivity contribution in [2.75, 3.05) is 32.1 Å². The zero-order chi connectivity index (χ0) is 18.2. The number of rotatable bonds is 6. The van der Waals surface area contributed by atoms with Crippen LogP contribution in [-0.2, 0) is 20.9 Å². The third-order valence-corrected chi connectivity index (χ3v) is 4.18. The van der Waals surface area contributed by atoms with Gasteiger partial charge in [-0.15, -0.1) is 24.0 Å². The lowest BCUT2D eigenvalue weighted by Crippen LogP contribution is -2.40. The molecule has 0 aromatic heterocycles. The Bertz CT molecular complexity index is 634. The second-order valence-corrected chi connectivity index (χ2v) is 6.05. The lowest BCUT2D eigenvalue weighted by Gasteiger charge is -2.17. The average Bonchev–Trinajstić information content (AvgIpc) is 3.07. The standard InChI is InChI=1S/C18H26N4O3.HI/c1-13(17(24)25-3)11-20-18(19-2)21-12-14-6-8-15(9-7-14)22-10-4-5-16(22)23;/h6-9,13H,4-5,10-12H2,1-3H3,(H2,19,20,21);1H. The fourth-order valence-electron chi connectivity index (χ4n) is 2.66. The van der Waals surface area contributed by atoms with E-state index in [0.717, 1.165) is 24.2 Å². The molecule has 1 aliphatic rings. The van der Waals surface area contributed by atoms with Gasteiger partial charge in [0.1, 0.15) is 0 Å². The summed E-state index contributed by atoms with van der Waals surface area (Å²) in [7, 11) is 3.06. The van der Waals surface area contributed by atoms with Crippen molar-refractivity contribution >= 4 is 47.5 Å². The van der Waals surface area contributed by atoms with Crippen LogP contribution < -0.4 is 15.5 Å². The molecule has 0 aliphatic carbocycles. The Labute approximate surface area is 171 Å². The highest BCUT2D eigenvalue weighted by molar-refractivity contribution is 14.0. The molecular formula is C18H27IN4O3. The number of guanidine groups is 1. The lowest BCUT2D eigenvalue weighted by molar-refractivity contribution is -0.144. The maximum Gasteiger partial charge on any atom is 0.310 e. The Morgan fingerprint density at radius 1 is 1.31 bits per heavy atom. The van der Waals surface area contributed by atoms with E-state index >= 15 is 0 Å². The maximum atomic E-state index is 11.8. The van der Waals surface area contributed by atoms with Crippen molar-refractivity contribution < 1.29 is 14.3 Å². The van der Waals surface area contributed by atoms with E-state index in [1.54, 1.807) is 14.0 Å². The molecular weight excluding hydrogens is 447 g/mol. The number of aliphatic imine (C=N–C) groups is 1. The highest BCUT2D eigenvalue weighted by Gasteiger charge is 2.21. The van der Waals surface area contributed by atoms with Crippen molar-refractivity contribution in [3.05, 3.63) is 29.8 Å². The highest BCUT2D eigenvalue weighted by atomic mass is 127. The minimum absolute atomic E-state index is 0. The molecule has 1 atom stereocenters. The van der Waals surface area contributed by atoms with Gasteiger partial charge in [-0.25, -0.2) is 0 Å². The Hall–Kier alpha value is -1.84. The quantitative estimate of drug-likeness (QED) is 0.285. The molecule has 1 amide bonds. The van der Waals surface area contributed by atoms with Crippen LogP contribution in [0, 0.1) is 5.92 Å². The normalized spacial score (nSPS) is 15.3. The molecule has 1 aliphatic heterocycles. The van der Waals surface area contributed by atoms with Crippen molar-refractivity contribution in [1.29, 1.82) is 0 Å². The van der Waals surface area contributed by atoms with E-state index in [0.29, 0.717) is 25.5 Å². The first-order valence-electron chi connectivity index (χ1n) is 8.46. The van der Waals surface area contributed by atoms with E-state index in [1.165, 1.54) is 7.11 Å². The van der Waals surface area contributed by atoms with E-state index in [1.807, 2.05) is 29.2 Å². The van der Waals surface area contributed by atoms with Crippen molar-refractivity contribution in [3.63, 3.8) is 0 Å². The van der Waals surface area contributed by atoms with Gasteiger partial charge >= 0.3 is 5.97 Å². The van der Waals surface area contributed by atoms with Gasteiger partial charge < -0.3 is 20.3 Å². The van der Waals surface area contributed by atoms with Crippen LogP contribution in [0.15, 0.2) is 29.3 Å². The molecule has 26 heavy (non-hydrogen) atoms. The lowest BCUT2D eigenvalue weighted by atomic mass is 10.2. The van der Waals surface area contributed by atoms with Crippen molar-refractivity contribution in [3.8, 4) is 0 Å². The number of nitrogens with zero attached hydrogens (tertiary/aromatic N) is 2. The Kier molecular flexibility index (Phi) is 9.39. The largest absolute Gasteiger partial charge is 0.469 e. The van der Waals surface area contributed by atoms with Gasteiger partial charge in [0.2, 0.25) is 5.91 Å². The molecule has 8 heteroatoms. The predicted molar refractivity (Wildman–Crippen MR) is 113 cm³/mol. The number of nitrogens with one attached hydrogen (secondary N) is 2. The van der Waals surface area contributed by atoms with Crippen LogP contribution in [0.1, 0.15) is 25.3 Å². The Morgan fingerprint density at radius 3 is 2.54 bits per heavy atom. The first-order chi connectivity index (χ1) is 12.0. The van der Waals surface area contributed by atoms with Gasteiger partial charge in [0.15, 0.2) is 5.96 Å². The number of benzene rings is 1. The van der Waals surface area contributed by atoms with Crippen LogP contribution in [0.4, 0.5) is 5.69 Å². The number of hydrogen-bond acceptors (Lipinski definition) is 4. The molecule has 1 unspecified atom stereocenters. The second-order valence-electron chi connectivity index (χ2n) is 6.05. The second kappa shape index (κ2) is 11.0. The van der Waals surface area contributed by atoms with Crippen LogP contribution in [0.25, 0.3) is 0 Å². The minimum Gasteiger partial charge on any atom is -0.469 e. The predicted octanol–water partition coefficient (Wildman–Crippen LogP) is 1.91. The average molecular weight is 474 g/mol. The van der Waals surface area contributed by atoms with Gasteiger partial charge in [-0.05, 0) is 24.1 Å². The number of carbonyl (C=O) groups excluding carboxylic acids is 2. The van der Waals surface area contributed by atoms with Crippen LogP contribution in [0.5, 0.6) is 0 Å². The maximum absolute atomic E-state index is 11.8. The number of esters is 1. The highest BCUT2D eigenvalue weighted by Crippen LogP contribution is 2.21. The zero-order valence-electron chi connectivity index (χ0n) is 15.4. The summed E-state index contributed by atoms with van der Waals surface area (Å²) >= 11 is 0. The van der Waals surface area contributed by atoms with Crippen molar-refractivity contribution in [1.82, 2.24) is 10.6 Å². The van der Waals surface area contributed by atoms with E-state index in [9.17, 15) is 9.59 Å². The monoisotopic (exact) mass is 474 g/mol. The smallest absolute Gasteiger partial charge is 0.310 e. The fourth-order valence-corrected chi connectivity index (χ4v) is 2.66. The van der Waals surface area contributed by atoms with E-state index in [4.69, 9.17) is 4.74 Å². The number of amides is 1. The van der Waals surface area contributed by atoms with Crippen molar-refractivity contribution in [2.24, 2.45) is 10.9 Å². The molecule has 0 radical (unpaired) electrons. The summed E-state index contributed by atoms with van der Waals surface area (Å²) in [6.45, 7) is 3.64. The summed E-state index contributed by atoms with van der Waals surface area (Å²) < 4.78 is 4.70. The fraction of sp³-hybridized carbons (Fsp3) is 0.500. The first-order valence-corrected chi connectivity index (χ1v) is 8.46. The topological polar surface area (TPSA) is 83.0 Å². The molecule has 1 aromatic rings. The number of hydrogen-bond donors (Lipinski definition) is 2. The molecule has 144 valence electrons. The summed E-state index contributed by atoms with van der Waals surface area (Å²) in [5.41, 5.74) is 2.03. The number of carbonyl (C=O) groups is 2. The molecule has 2 rings (SSSR count). The molecule has 1 heterocycles. The molecule has 1 aromatic carbocycles. The minimum atomic E-state index is -0.255. The van der Waals surface area contributed by atoms with E-state index in [2.05, 4.69) is 15.6 Å². The van der Waals surface area contributed by atoms with Crippen LogP contribution in [0.3, 0.4) is 0 Å². The van der Waals surface area contributed by atoms with Gasteiger partial charge in [-0.2, -0.15) is 0 Å². The van der Waals surface area contributed by atoms with Gasteiger partial charge in [0.05, 0.1) is 13.0 Å². The molecule has 1 saturated heterocycles. The Morgan fingerprint density at radius 2 is 2.00 bits per heavy atom. The summed E-state index contributed by atoms with van der Waals surface area (Å²) in [6.07, 6.45) is 1.56. The molecule has 0 saturated carbocycles. The van der Waals surface area contributed by atoms with Gasteiger partial charge in [-0.1, -0.05) is 19.1 Å². The molecule has 7 nitrogen and oxygen atoms in total.